The van der Waals surface area contributed by atoms with E-state index >= 15 is 0 Å². The van der Waals surface area contributed by atoms with Gasteiger partial charge < -0.3 is 4.74 Å². The van der Waals surface area contributed by atoms with Crippen LogP contribution in [-0.4, -0.2) is 14.8 Å². The topological polar surface area (TPSA) is 59.9 Å². The first-order valence-electron chi connectivity index (χ1n) is 4.66. The van der Waals surface area contributed by atoms with Crippen molar-refractivity contribution in [1.29, 1.82) is 0 Å². The number of rotatable bonds is 3. The third-order valence-corrected chi connectivity index (χ3v) is 2.52. The van der Waals surface area contributed by atoms with Gasteiger partial charge in [0.2, 0.25) is 0 Å². The zero-order valence-electron chi connectivity index (χ0n) is 8.61. The van der Waals surface area contributed by atoms with E-state index < -0.39 is 0 Å². The van der Waals surface area contributed by atoms with Crippen molar-refractivity contribution in [2.75, 3.05) is 0 Å². The van der Waals surface area contributed by atoms with E-state index in [0.717, 1.165) is 5.56 Å². The lowest BCUT2D eigenvalue weighted by Gasteiger charge is -2.05. The Morgan fingerprint density at radius 2 is 2.25 bits per heavy atom. The fourth-order valence-electron chi connectivity index (χ4n) is 1.22. The third kappa shape index (κ3) is 2.09. The smallest absolute Gasteiger partial charge is 0.345 e. The van der Waals surface area contributed by atoms with Gasteiger partial charge in [-0.05, 0) is 6.07 Å². The normalized spacial score (nSPS) is 10.4. The summed E-state index contributed by atoms with van der Waals surface area (Å²) in [5.41, 5.74) is 0.536. The van der Waals surface area contributed by atoms with Crippen molar-refractivity contribution < 1.29 is 4.74 Å². The summed E-state index contributed by atoms with van der Waals surface area (Å²) in [7, 11) is 1.58. The van der Waals surface area contributed by atoms with E-state index in [0.29, 0.717) is 5.02 Å². The first-order valence-corrected chi connectivity index (χ1v) is 5.04. The van der Waals surface area contributed by atoms with Crippen molar-refractivity contribution in [2.24, 2.45) is 7.05 Å². The van der Waals surface area contributed by atoms with Crippen molar-refractivity contribution in [2.45, 2.75) is 6.61 Å². The Kier molecular flexibility index (Phi) is 2.96. The molecule has 0 spiro atoms. The molecule has 0 saturated heterocycles. The van der Waals surface area contributed by atoms with Crippen molar-refractivity contribution in [3.63, 3.8) is 0 Å². The molecule has 2 rings (SSSR count). The summed E-state index contributed by atoms with van der Waals surface area (Å²) in [5, 5.41) is 6.64. The van der Waals surface area contributed by atoms with Gasteiger partial charge in [-0.15, -0.1) is 5.10 Å². The summed E-state index contributed by atoms with van der Waals surface area (Å²) < 4.78 is 6.65. The minimum atomic E-state index is -0.311. The minimum Gasteiger partial charge on any atom is -0.459 e. The second-order valence-corrected chi connectivity index (χ2v) is 3.66. The summed E-state index contributed by atoms with van der Waals surface area (Å²) in [6.07, 6.45) is 0. The molecule has 1 aromatic carbocycles. The zero-order chi connectivity index (χ0) is 11.5. The van der Waals surface area contributed by atoms with Gasteiger partial charge in [0.1, 0.15) is 6.61 Å². The molecule has 1 aromatic heterocycles. The maximum atomic E-state index is 11.1. The van der Waals surface area contributed by atoms with Crippen LogP contribution in [-0.2, 0) is 13.7 Å². The molecule has 0 bridgehead atoms. The fraction of sp³-hybridized carbons (Fsp3) is 0.200. The number of halogens is 1. The molecule has 84 valence electrons. The van der Waals surface area contributed by atoms with E-state index in [2.05, 4.69) is 10.2 Å². The number of aromatic nitrogens is 3. The Balaban J connectivity index is 2.11. The van der Waals surface area contributed by atoms with Gasteiger partial charge in [0.05, 0.1) is 0 Å². The van der Waals surface area contributed by atoms with Crippen LogP contribution >= 0.6 is 11.6 Å². The molecule has 0 aliphatic carbocycles. The van der Waals surface area contributed by atoms with Crippen molar-refractivity contribution in [3.05, 3.63) is 45.3 Å². The first-order chi connectivity index (χ1) is 7.68. The lowest BCUT2D eigenvalue weighted by atomic mass is 10.2. The molecule has 6 heteroatoms. The Morgan fingerprint density at radius 3 is 2.88 bits per heavy atom. The van der Waals surface area contributed by atoms with Crippen LogP contribution in [0.5, 0.6) is 6.01 Å². The number of ether oxygens (including phenoxy) is 1. The van der Waals surface area contributed by atoms with Crippen LogP contribution < -0.4 is 10.4 Å². The highest BCUT2D eigenvalue weighted by Crippen LogP contribution is 2.16. The Bertz CT molecular complexity index is 547. The first kappa shape index (κ1) is 10.8. The lowest BCUT2D eigenvalue weighted by Crippen LogP contribution is -2.13. The highest BCUT2D eigenvalue weighted by Gasteiger charge is 2.06. The second-order valence-electron chi connectivity index (χ2n) is 3.25. The third-order valence-electron chi connectivity index (χ3n) is 2.15. The number of hydrogen-bond acceptors (Lipinski definition) is 3. The van der Waals surface area contributed by atoms with E-state index in [4.69, 9.17) is 16.3 Å². The van der Waals surface area contributed by atoms with Crippen LogP contribution in [0.1, 0.15) is 5.56 Å². The molecular formula is C10H10ClN3O2. The van der Waals surface area contributed by atoms with Gasteiger partial charge in [-0.3, -0.25) is 0 Å². The molecular weight excluding hydrogens is 230 g/mol. The fourth-order valence-corrected chi connectivity index (χ4v) is 1.41. The molecule has 2 aromatic rings. The van der Waals surface area contributed by atoms with Gasteiger partial charge in [0, 0.05) is 17.6 Å². The van der Waals surface area contributed by atoms with E-state index in [9.17, 15) is 4.79 Å². The van der Waals surface area contributed by atoms with Gasteiger partial charge in [-0.25, -0.2) is 14.5 Å². The molecule has 5 nitrogen and oxygen atoms in total. The summed E-state index contributed by atoms with van der Waals surface area (Å²) >= 11 is 5.96. The average Bonchev–Trinajstić information content (AvgIpc) is 2.59. The minimum absolute atomic E-state index is 0.241. The van der Waals surface area contributed by atoms with Crippen molar-refractivity contribution in [3.8, 4) is 6.01 Å². The van der Waals surface area contributed by atoms with E-state index in [1.807, 2.05) is 18.2 Å². The monoisotopic (exact) mass is 239 g/mol. The Morgan fingerprint density at radius 1 is 1.50 bits per heavy atom. The highest BCUT2D eigenvalue weighted by atomic mass is 35.5. The van der Waals surface area contributed by atoms with Crippen LogP contribution in [0.25, 0.3) is 0 Å². The van der Waals surface area contributed by atoms with E-state index in [1.54, 1.807) is 13.1 Å². The Labute approximate surface area is 96.6 Å². The molecule has 0 amide bonds. The summed E-state index contributed by atoms with van der Waals surface area (Å²) in [5.74, 6) is 0. The number of benzene rings is 1. The summed E-state index contributed by atoms with van der Waals surface area (Å²) in [4.78, 5) is 11.1. The molecule has 1 heterocycles. The SMILES string of the molecule is Cn1c(OCc2ccccc2Cl)n[nH]c1=O. The summed E-state index contributed by atoms with van der Waals surface area (Å²) in [6, 6.07) is 7.59. The number of hydrogen-bond donors (Lipinski definition) is 1. The quantitative estimate of drug-likeness (QED) is 0.879. The molecule has 0 unspecified atom stereocenters. The lowest BCUT2D eigenvalue weighted by molar-refractivity contribution is 0.270. The number of aromatic amines is 1. The van der Waals surface area contributed by atoms with Crippen LogP contribution in [0.3, 0.4) is 0 Å². The van der Waals surface area contributed by atoms with Gasteiger partial charge in [0.15, 0.2) is 0 Å². The molecule has 0 fully saturated rings. The Hall–Kier alpha value is -1.75. The van der Waals surface area contributed by atoms with Gasteiger partial charge in [-0.1, -0.05) is 29.8 Å². The van der Waals surface area contributed by atoms with Gasteiger partial charge in [0.25, 0.3) is 0 Å². The van der Waals surface area contributed by atoms with Crippen LogP contribution in [0.15, 0.2) is 29.1 Å². The summed E-state index contributed by atoms with van der Waals surface area (Å²) in [6.45, 7) is 0.276. The molecule has 0 radical (unpaired) electrons. The standard InChI is InChI=1S/C10H10ClN3O2/c1-14-9(15)12-13-10(14)16-6-7-4-2-3-5-8(7)11/h2-5H,6H2,1H3,(H,12,15). The van der Waals surface area contributed by atoms with Crippen LogP contribution in [0.4, 0.5) is 0 Å². The molecule has 0 atom stereocenters. The number of nitrogens with zero attached hydrogens (tertiary/aromatic N) is 2. The highest BCUT2D eigenvalue weighted by molar-refractivity contribution is 6.31. The maximum Gasteiger partial charge on any atom is 0.345 e. The molecule has 0 aliphatic heterocycles. The number of H-pyrrole nitrogens is 1. The molecule has 1 N–H and O–H groups in total. The van der Waals surface area contributed by atoms with Crippen LogP contribution in [0.2, 0.25) is 5.02 Å². The average molecular weight is 240 g/mol. The second kappa shape index (κ2) is 4.40. The van der Waals surface area contributed by atoms with E-state index in [-0.39, 0.29) is 18.3 Å². The maximum absolute atomic E-state index is 11.1. The number of nitrogens with one attached hydrogen (secondary N) is 1. The van der Waals surface area contributed by atoms with Gasteiger partial charge in [-0.2, -0.15) is 0 Å². The largest absolute Gasteiger partial charge is 0.459 e. The van der Waals surface area contributed by atoms with Gasteiger partial charge >= 0.3 is 11.7 Å². The molecule has 0 aliphatic rings. The molecule has 0 saturated carbocycles. The van der Waals surface area contributed by atoms with Crippen molar-refractivity contribution >= 4 is 11.6 Å². The predicted molar refractivity (Wildman–Crippen MR) is 59.6 cm³/mol. The van der Waals surface area contributed by atoms with E-state index in [1.165, 1.54) is 4.57 Å². The van der Waals surface area contributed by atoms with Crippen LogP contribution in [0, 0.1) is 0 Å². The zero-order valence-corrected chi connectivity index (χ0v) is 9.36. The molecule has 16 heavy (non-hydrogen) atoms. The predicted octanol–water partition coefficient (Wildman–Crippen LogP) is 1.34. The van der Waals surface area contributed by atoms with Crippen molar-refractivity contribution in [1.82, 2.24) is 14.8 Å².